The monoisotopic (exact) mass is 253 g/mol. The van der Waals surface area contributed by atoms with Crippen LogP contribution in [0.4, 0.5) is 0 Å². The van der Waals surface area contributed by atoms with Crippen molar-refractivity contribution in [2.24, 2.45) is 0 Å². The highest BCUT2D eigenvalue weighted by atomic mass is 16.5. The van der Waals surface area contributed by atoms with Gasteiger partial charge in [0, 0.05) is 11.4 Å². The van der Waals surface area contributed by atoms with E-state index in [1.807, 2.05) is 44.2 Å². The van der Waals surface area contributed by atoms with Gasteiger partial charge >= 0.3 is 0 Å². The van der Waals surface area contributed by atoms with E-state index in [0.717, 1.165) is 38.3 Å². The fraction of sp³-hybridized carbons (Fsp3) is 0.200. The number of benzene rings is 1. The van der Waals surface area contributed by atoms with E-state index in [-0.39, 0.29) is 0 Å². The van der Waals surface area contributed by atoms with Crippen molar-refractivity contribution in [3.63, 3.8) is 0 Å². The van der Waals surface area contributed by atoms with Gasteiger partial charge in [-0.25, -0.2) is 4.98 Å². The van der Waals surface area contributed by atoms with Crippen LogP contribution in [0.2, 0.25) is 0 Å². The molecule has 4 heteroatoms. The normalized spacial score (nSPS) is 11.1. The molecule has 19 heavy (non-hydrogen) atoms. The topological polar surface area (TPSA) is 50.9 Å². The van der Waals surface area contributed by atoms with Gasteiger partial charge in [0.15, 0.2) is 0 Å². The van der Waals surface area contributed by atoms with Gasteiger partial charge < -0.3 is 5.21 Å². The summed E-state index contributed by atoms with van der Waals surface area (Å²) in [6.07, 6.45) is 0. The Morgan fingerprint density at radius 3 is 2.26 bits per heavy atom. The third-order valence-corrected chi connectivity index (χ3v) is 3.21. The molecule has 96 valence electrons. The van der Waals surface area contributed by atoms with Crippen LogP contribution in [-0.2, 0) is 0 Å². The van der Waals surface area contributed by atoms with Gasteiger partial charge in [-0.15, -0.1) is 0 Å². The zero-order valence-corrected chi connectivity index (χ0v) is 11.2. The molecule has 0 bridgehead atoms. The summed E-state index contributed by atoms with van der Waals surface area (Å²) in [6.45, 7) is 5.74. The molecule has 2 heterocycles. The first-order valence-electron chi connectivity index (χ1n) is 6.18. The average molecular weight is 253 g/mol. The lowest BCUT2D eigenvalue weighted by Crippen LogP contribution is -1.92. The summed E-state index contributed by atoms with van der Waals surface area (Å²) in [5.41, 5.74) is 5.66. The minimum Gasteiger partial charge on any atom is -0.427 e. The maximum atomic E-state index is 9.92. The Bertz CT molecular complexity index is 754. The van der Waals surface area contributed by atoms with Crippen LogP contribution in [0.1, 0.15) is 17.2 Å². The summed E-state index contributed by atoms with van der Waals surface area (Å²) in [4.78, 5) is 8.66. The maximum absolute atomic E-state index is 9.92. The summed E-state index contributed by atoms with van der Waals surface area (Å²) in [5, 5.41) is 9.92. The molecule has 0 aliphatic heterocycles. The van der Waals surface area contributed by atoms with Crippen molar-refractivity contribution in [2.45, 2.75) is 20.8 Å². The summed E-state index contributed by atoms with van der Waals surface area (Å²) in [7, 11) is 0. The van der Waals surface area contributed by atoms with E-state index in [1.165, 1.54) is 0 Å². The molecule has 0 saturated heterocycles. The Balaban J connectivity index is 2.22. The molecule has 4 nitrogen and oxygen atoms in total. The lowest BCUT2D eigenvalue weighted by molar-refractivity contribution is 0.191. The second-order valence-corrected chi connectivity index (χ2v) is 4.81. The van der Waals surface area contributed by atoms with Crippen LogP contribution in [-0.4, -0.2) is 19.9 Å². The van der Waals surface area contributed by atoms with Crippen molar-refractivity contribution in [1.29, 1.82) is 0 Å². The maximum Gasteiger partial charge on any atom is 0.142 e. The molecular formula is C15H15N3O. The minimum absolute atomic E-state index is 0.592. The SMILES string of the molecule is Cc1cc(-c2ccc3nc(C)n(O)c3c2)cc(C)n1. The average Bonchev–Trinajstić information content (AvgIpc) is 2.64. The molecule has 3 aromatic rings. The largest absolute Gasteiger partial charge is 0.427 e. The molecule has 0 radical (unpaired) electrons. The van der Waals surface area contributed by atoms with Crippen LogP contribution in [0.3, 0.4) is 0 Å². The van der Waals surface area contributed by atoms with E-state index < -0.39 is 0 Å². The third-order valence-electron chi connectivity index (χ3n) is 3.21. The number of pyridine rings is 1. The number of nitrogens with zero attached hydrogens (tertiary/aromatic N) is 3. The molecule has 1 aromatic carbocycles. The highest BCUT2D eigenvalue weighted by molar-refractivity contribution is 5.82. The van der Waals surface area contributed by atoms with Crippen molar-refractivity contribution in [1.82, 2.24) is 14.7 Å². The molecule has 1 N–H and O–H groups in total. The van der Waals surface area contributed by atoms with Gasteiger partial charge in [-0.05, 0) is 56.2 Å². The summed E-state index contributed by atoms with van der Waals surface area (Å²) in [6, 6.07) is 9.97. The first kappa shape index (κ1) is 11.7. The van der Waals surface area contributed by atoms with Gasteiger partial charge in [0.05, 0.1) is 5.52 Å². The molecule has 0 saturated carbocycles. The van der Waals surface area contributed by atoms with Crippen LogP contribution in [0.5, 0.6) is 0 Å². The highest BCUT2D eigenvalue weighted by Gasteiger charge is 2.08. The summed E-state index contributed by atoms with van der Waals surface area (Å²) < 4.78 is 1.12. The van der Waals surface area contributed by atoms with E-state index in [4.69, 9.17) is 0 Å². The molecule has 0 aliphatic rings. The van der Waals surface area contributed by atoms with E-state index >= 15 is 0 Å². The Kier molecular flexibility index (Phi) is 2.52. The summed E-state index contributed by atoms with van der Waals surface area (Å²) >= 11 is 0. The molecule has 0 amide bonds. The van der Waals surface area contributed by atoms with Crippen LogP contribution < -0.4 is 0 Å². The highest BCUT2D eigenvalue weighted by Crippen LogP contribution is 2.25. The number of rotatable bonds is 1. The van der Waals surface area contributed by atoms with Gasteiger partial charge in [-0.1, -0.05) is 6.07 Å². The minimum atomic E-state index is 0.592. The quantitative estimate of drug-likeness (QED) is 0.677. The zero-order chi connectivity index (χ0) is 13.6. The number of aryl methyl sites for hydroxylation is 3. The van der Waals surface area contributed by atoms with Crippen LogP contribution in [0.15, 0.2) is 30.3 Å². The predicted octanol–water partition coefficient (Wildman–Crippen LogP) is 3.26. The smallest absolute Gasteiger partial charge is 0.142 e. The molecule has 0 aliphatic carbocycles. The van der Waals surface area contributed by atoms with Gasteiger partial charge in [-0.3, -0.25) is 4.98 Å². The third kappa shape index (κ3) is 1.95. The molecule has 0 atom stereocenters. The number of fused-ring (bicyclic) bond motifs is 1. The predicted molar refractivity (Wildman–Crippen MR) is 74.4 cm³/mol. The Morgan fingerprint density at radius 2 is 1.58 bits per heavy atom. The number of hydrogen-bond donors (Lipinski definition) is 1. The Labute approximate surface area is 111 Å². The molecule has 3 rings (SSSR count). The number of imidazole rings is 1. The Morgan fingerprint density at radius 1 is 0.895 bits per heavy atom. The van der Waals surface area contributed by atoms with E-state index in [2.05, 4.69) is 9.97 Å². The van der Waals surface area contributed by atoms with Gasteiger partial charge in [0.2, 0.25) is 0 Å². The lowest BCUT2D eigenvalue weighted by Gasteiger charge is -2.05. The van der Waals surface area contributed by atoms with Gasteiger partial charge in [-0.2, -0.15) is 4.73 Å². The van der Waals surface area contributed by atoms with E-state index in [1.54, 1.807) is 6.92 Å². The molecular weight excluding hydrogens is 238 g/mol. The van der Waals surface area contributed by atoms with E-state index in [9.17, 15) is 5.21 Å². The number of hydrogen-bond acceptors (Lipinski definition) is 3. The zero-order valence-electron chi connectivity index (χ0n) is 11.2. The lowest BCUT2D eigenvalue weighted by atomic mass is 10.0. The van der Waals surface area contributed by atoms with Crippen molar-refractivity contribution in [3.8, 4) is 11.1 Å². The summed E-state index contributed by atoms with van der Waals surface area (Å²) in [5.74, 6) is 0.592. The first-order valence-corrected chi connectivity index (χ1v) is 6.18. The van der Waals surface area contributed by atoms with Crippen LogP contribution in [0.25, 0.3) is 22.2 Å². The van der Waals surface area contributed by atoms with Crippen molar-refractivity contribution in [2.75, 3.05) is 0 Å². The molecule has 0 spiro atoms. The van der Waals surface area contributed by atoms with Crippen molar-refractivity contribution in [3.05, 3.63) is 47.5 Å². The van der Waals surface area contributed by atoms with Crippen LogP contribution >= 0.6 is 0 Å². The second-order valence-electron chi connectivity index (χ2n) is 4.81. The molecule has 2 aromatic heterocycles. The van der Waals surface area contributed by atoms with Crippen molar-refractivity contribution < 1.29 is 5.21 Å². The second kappa shape index (κ2) is 4.09. The Hall–Kier alpha value is -2.36. The van der Waals surface area contributed by atoms with Crippen molar-refractivity contribution >= 4 is 11.0 Å². The fourth-order valence-corrected chi connectivity index (χ4v) is 2.36. The van der Waals surface area contributed by atoms with Crippen LogP contribution in [0, 0.1) is 20.8 Å². The first-order chi connectivity index (χ1) is 9.04. The molecule has 0 unspecified atom stereocenters. The van der Waals surface area contributed by atoms with E-state index in [0.29, 0.717) is 5.82 Å². The molecule has 0 fully saturated rings. The van der Waals surface area contributed by atoms with Gasteiger partial charge in [0.1, 0.15) is 11.3 Å². The van der Waals surface area contributed by atoms with Gasteiger partial charge in [0.25, 0.3) is 0 Å². The standard InChI is InChI=1S/C15H15N3O/c1-9-6-13(7-10(2)16-9)12-4-5-14-15(8-12)18(19)11(3)17-14/h4-8,19H,1-3H3. The number of aromatic nitrogens is 3. The fourth-order valence-electron chi connectivity index (χ4n) is 2.36.